The molecule has 1 heterocycles. The zero-order chi connectivity index (χ0) is 25.7. The number of rotatable bonds is 8. The van der Waals surface area contributed by atoms with Gasteiger partial charge in [0.25, 0.3) is 11.8 Å². The van der Waals surface area contributed by atoms with Gasteiger partial charge < -0.3 is 9.47 Å². The molecular weight excluding hydrogens is 456 g/mol. The molecule has 184 valence electrons. The molecule has 1 aliphatic rings. The van der Waals surface area contributed by atoms with Gasteiger partial charge in [-0.05, 0) is 85.0 Å². The van der Waals surface area contributed by atoms with E-state index in [4.69, 9.17) is 9.47 Å². The summed E-state index contributed by atoms with van der Waals surface area (Å²) in [6, 6.07) is 19.4. The van der Waals surface area contributed by atoms with E-state index in [-0.39, 0.29) is 5.57 Å². The molecule has 36 heavy (non-hydrogen) atoms. The first kappa shape index (κ1) is 24.7. The van der Waals surface area contributed by atoms with Crippen LogP contribution in [0, 0.1) is 13.8 Å². The Balaban J connectivity index is 1.44. The van der Waals surface area contributed by atoms with E-state index in [1.165, 1.54) is 11.6 Å². The number of nitrogens with zero attached hydrogens (tertiary/aromatic N) is 1. The van der Waals surface area contributed by atoms with Crippen LogP contribution in [0.4, 0.5) is 10.5 Å². The highest BCUT2D eigenvalue weighted by Gasteiger charge is 2.36. The number of imide groups is 2. The summed E-state index contributed by atoms with van der Waals surface area (Å²) in [7, 11) is 0. The number of hydrogen-bond acceptors (Lipinski definition) is 5. The van der Waals surface area contributed by atoms with Crippen LogP contribution >= 0.6 is 0 Å². The number of anilines is 1. The topological polar surface area (TPSA) is 84.9 Å². The van der Waals surface area contributed by atoms with E-state index in [2.05, 4.69) is 18.3 Å². The van der Waals surface area contributed by atoms with Crippen molar-refractivity contribution >= 4 is 29.6 Å². The Bertz CT molecular complexity index is 1340. The monoisotopic (exact) mass is 484 g/mol. The van der Waals surface area contributed by atoms with Gasteiger partial charge in [-0.2, -0.15) is 0 Å². The molecule has 0 radical (unpaired) electrons. The van der Waals surface area contributed by atoms with Crippen LogP contribution in [0.15, 0.2) is 72.3 Å². The number of carbonyl (C=O) groups is 3. The van der Waals surface area contributed by atoms with Crippen LogP contribution in [0.25, 0.3) is 6.08 Å². The van der Waals surface area contributed by atoms with Crippen molar-refractivity contribution in [3.63, 3.8) is 0 Å². The van der Waals surface area contributed by atoms with Gasteiger partial charge in [0.1, 0.15) is 30.3 Å². The second-order valence-corrected chi connectivity index (χ2v) is 8.57. The molecule has 0 saturated carbocycles. The molecule has 1 saturated heterocycles. The van der Waals surface area contributed by atoms with E-state index in [0.29, 0.717) is 30.2 Å². The average molecular weight is 485 g/mol. The maximum atomic E-state index is 13.1. The Morgan fingerprint density at radius 1 is 0.833 bits per heavy atom. The van der Waals surface area contributed by atoms with E-state index in [1.54, 1.807) is 42.5 Å². The van der Waals surface area contributed by atoms with Crippen LogP contribution in [0.2, 0.25) is 0 Å². The van der Waals surface area contributed by atoms with E-state index in [0.717, 1.165) is 28.2 Å². The number of hydrogen-bond donors (Lipinski definition) is 1. The van der Waals surface area contributed by atoms with Crippen LogP contribution in [0.3, 0.4) is 0 Å². The maximum absolute atomic E-state index is 13.1. The summed E-state index contributed by atoms with van der Waals surface area (Å²) in [4.78, 5) is 38.9. The maximum Gasteiger partial charge on any atom is 0.335 e. The number of barbiturate groups is 1. The van der Waals surface area contributed by atoms with Crippen molar-refractivity contribution in [3.8, 4) is 11.5 Å². The van der Waals surface area contributed by atoms with Crippen LogP contribution < -0.4 is 19.7 Å². The highest BCUT2D eigenvalue weighted by molar-refractivity contribution is 6.39. The minimum atomic E-state index is -0.774. The van der Waals surface area contributed by atoms with Gasteiger partial charge in [-0.15, -0.1) is 0 Å². The average Bonchev–Trinajstić information content (AvgIpc) is 2.84. The van der Waals surface area contributed by atoms with Crippen molar-refractivity contribution < 1.29 is 23.9 Å². The molecule has 0 aromatic heterocycles. The third-order valence-electron chi connectivity index (χ3n) is 5.67. The molecule has 0 aliphatic carbocycles. The number of aryl methyl sites for hydroxylation is 3. The Morgan fingerprint density at radius 2 is 1.58 bits per heavy atom. The van der Waals surface area contributed by atoms with Crippen LogP contribution in [0.5, 0.6) is 11.5 Å². The van der Waals surface area contributed by atoms with E-state index in [9.17, 15) is 14.4 Å². The zero-order valence-corrected chi connectivity index (χ0v) is 20.5. The van der Waals surface area contributed by atoms with E-state index >= 15 is 0 Å². The Labute approximate surface area is 210 Å². The van der Waals surface area contributed by atoms with Crippen molar-refractivity contribution in [2.24, 2.45) is 0 Å². The third-order valence-corrected chi connectivity index (χ3v) is 5.67. The number of ether oxygens (including phenoxy) is 2. The predicted molar refractivity (Wildman–Crippen MR) is 138 cm³/mol. The second-order valence-electron chi connectivity index (χ2n) is 8.57. The smallest absolute Gasteiger partial charge is 0.335 e. The Hall–Kier alpha value is -4.39. The van der Waals surface area contributed by atoms with Crippen molar-refractivity contribution in [2.75, 3.05) is 18.1 Å². The van der Waals surface area contributed by atoms with Gasteiger partial charge in [0, 0.05) is 0 Å². The lowest BCUT2D eigenvalue weighted by Crippen LogP contribution is -2.54. The standard InChI is InChI=1S/C29H28N2O5/c1-4-21-13-20(3)15-25(16-21)36-12-11-35-24-10-6-8-22(17-24)18-26-27(32)30-29(34)31(28(26)33)23-9-5-7-19(2)14-23/h5-10,13-18H,4,11-12H2,1-3H3,(H,30,32,34). The lowest BCUT2D eigenvalue weighted by molar-refractivity contribution is -0.122. The van der Waals surface area contributed by atoms with Crippen molar-refractivity contribution in [2.45, 2.75) is 27.2 Å². The van der Waals surface area contributed by atoms with Crippen LogP contribution in [0.1, 0.15) is 29.2 Å². The molecule has 4 rings (SSSR count). The first-order chi connectivity index (χ1) is 17.3. The molecule has 0 atom stereocenters. The summed E-state index contributed by atoms with van der Waals surface area (Å²) in [5.41, 5.74) is 4.11. The fourth-order valence-corrected chi connectivity index (χ4v) is 3.95. The van der Waals surface area contributed by atoms with Gasteiger partial charge in [-0.3, -0.25) is 14.9 Å². The Kier molecular flexibility index (Phi) is 7.49. The zero-order valence-electron chi connectivity index (χ0n) is 20.5. The minimum Gasteiger partial charge on any atom is -0.490 e. The van der Waals surface area contributed by atoms with Crippen molar-refractivity contribution in [1.29, 1.82) is 0 Å². The summed E-state index contributed by atoms with van der Waals surface area (Å²) in [6.07, 6.45) is 2.39. The summed E-state index contributed by atoms with van der Waals surface area (Å²) in [5.74, 6) is -0.0397. The summed E-state index contributed by atoms with van der Waals surface area (Å²) >= 11 is 0. The largest absolute Gasteiger partial charge is 0.490 e. The fourth-order valence-electron chi connectivity index (χ4n) is 3.95. The number of nitrogens with one attached hydrogen (secondary N) is 1. The second kappa shape index (κ2) is 10.9. The third kappa shape index (κ3) is 5.81. The normalized spacial score (nSPS) is 14.7. The lowest BCUT2D eigenvalue weighted by atomic mass is 10.1. The Morgan fingerprint density at radius 3 is 2.33 bits per heavy atom. The van der Waals surface area contributed by atoms with Gasteiger partial charge in [0.2, 0.25) is 0 Å². The molecule has 1 fully saturated rings. The molecule has 7 nitrogen and oxygen atoms in total. The number of amides is 4. The fraction of sp³-hybridized carbons (Fsp3) is 0.207. The molecule has 3 aromatic rings. The summed E-state index contributed by atoms with van der Waals surface area (Å²) in [5, 5.41) is 2.24. The molecule has 0 spiro atoms. The first-order valence-corrected chi connectivity index (χ1v) is 11.8. The molecular formula is C29H28N2O5. The molecule has 1 N–H and O–H groups in total. The van der Waals surface area contributed by atoms with Crippen LogP contribution in [-0.4, -0.2) is 31.1 Å². The lowest BCUT2D eigenvalue weighted by Gasteiger charge is -2.26. The molecule has 1 aliphatic heterocycles. The highest BCUT2D eigenvalue weighted by Crippen LogP contribution is 2.24. The first-order valence-electron chi connectivity index (χ1n) is 11.8. The van der Waals surface area contributed by atoms with Gasteiger partial charge in [-0.1, -0.05) is 37.3 Å². The van der Waals surface area contributed by atoms with Crippen molar-refractivity contribution in [1.82, 2.24) is 5.32 Å². The van der Waals surface area contributed by atoms with E-state index < -0.39 is 17.8 Å². The number of benzene rings is 3. The van der Waals surface area contributed by atoms with Gasteiger partial charge in [-0.25, -0.2) is 9.69 Å². The number of urea groups is 1. The van der Waals surface area contributed by atoms with Gasteiger partial charge in [0.15, 0.2) is 0 Å². The summed E-state index contributed by atoms with van der Waals surface area (Å²) in [6.45, 7) is 6.69. The quantitative estimate of drug-likeness (QED) is 0.277. The molecule has 0 unspecified atom stereocenters. The van der Waals surface area contributed by atoms with Gasteiger partial charge in [0.05, 0.1) is 5.69 Å². The number of carbonyl (C=O) groups excluding carboxylic acids is 3. The highest BCUT2D eigenvalue weighted by atomic mass is 16.5. The van der Waals surface area contributed by atoms with Crippen LogP contribution in [-0.2, 0) is 16.0 Å². The van der Waals surface area contributed by atoms with E-state index in [1.807, 2.05) is 32.0 Å². The SMILES string of the molecule is CCc1cc(C)cc(OCCOc2cccc(C=C3C(=O)NC(=O)N(c4cccc(C)c4)C3=O)c2)c1. The molecule has 4 amide bonds. The van der Waals surface area contributed by atoms with Gasteiger partial charge >= 0.3 is 6.03 Å². The molecule has 0 bridgehead atoms. The molecule has 3 aromatic carbocycles. The molecule has 7 heteroatoms. The minimum absolute atomic E-state index is 0.136. The van der Waals surface area contributed by atoms with Crippen molar-refractivity contribution in [3.05, 3.63) is 94.6 Å². The predicted octanol–water partition coefficient (Wildman–Crippen LogP) is 4.99. The summed E-state index contributed by atoms with van der Waals surface area (Å²) < 4.78 is 11.6.